The smallest absolute Gasteiger partial charge is 0.410 e. The molecule has 3 atom stereocenters. The Morgan fingerprint density at radius 2 is 2.00 bits per heavy atom. The third kappa shape index (κ3) is 5.17. The van der Waals surface area contributed by atoms with Gasteiger partial charge >= 0.3 is 6.09 Å². The molecule has 2 rings (SSSR count). The van der Waals surface area contributed by atoms with E-state index in [4.69, 9.17) is 4.74 Å². The van der Waals surface area contributed by atoms with Crippen LogP contribution in [0.2, 0.25) is 0 Å². The number of hydrogen-bond acceptors (Lipinski definition) is 3. The van der Waals surface area contributed by atoms with E-state index in [0.29, 0.717) is 12.1 Å². The molecule has 4 heteroatoms. The molecule has 1 saturated carbocycles. The standard InChI is InChI=1S/C17H32N2O2/c1-13-7-5-8-14(11-13)18-12-15-9-6-10-19(15)16(20)21-17(2,3)4/h13-15,18H,5-12H2,1-4H3. The van der Waals surface area contributed by atoms with E-state index in [0.717, 1.165) is 31.8 Å². The minimum atomic E-state index is -0.406. The van der Waals surface area contributed by atoms with Crippen molar-refractivity contribution < 1.29 is 9.53 Å². The number of rotatable bonds is 3. The van der Waals surface area contributed by atoms with Crippen LogP contribution in [0.15, 0.2) is 0 Å². The van der Waals surface area contributed by atoms with Crippen LogP contribution in [-0.4, -0.2) is 41.8 Å². The topological polar surface area (TPSA) is 41.6 Å². The quantitative estimate of drug-likeness (QED) is 0.866. The summed E-state index contributed by atoms with van der Waals surface area (Å²) in [5.41, 5.74) is -0.406. The molecule has 1 heterocycles. The summed E-state index contributed by atoms with van der Waals surface area (Å²) < 4.78 is 5.52. The second kappa shape index (κ2) is 6.99. The molecule has 21 heavy (non-hydrogen) atoms. The number of nitrogens with one attached hydrogen (secondary N) is 1. The molecule has 4 nitrogen and oxygen atoms in total. The van der Waals surface area contributed by atoms with Crippen molar-refractivity contribution in [3.63, 3.8) is 0 Å². The van der Waals surface area contributed by atoms with Gasteiger partial charge < -0.3 is 15.0 Å². The van der Waals surface area contributed by atoms with Crippen LogP contribution in [0.1, 0.15) is 66.2 Å². The lowest BCUT2D eigenvalue weighted by atomic mass is 9.87. The van der Waals surface area contributed by atoms with Crippen LogP contribution in [0.4, 0.5) is 4.79 Å². The van der Waals surface area contributed by atoms with Gasteiger partial charge in [0, 0.05) is 25.2 Å². The third-order valence-corrected chi connectivity index (χ3v) is 4.58. The maximum Gasteiger partial charge on any atom is 0.410 e. The van der Waals surface area contributed by atoms with E-state index in [1.807, 2.05) is 25.7 Å². The van der Waals surface area contributed by atoms with E-state index in [1.165, 1.54) is 25.7 Å². The molecule has 0 spiro atoms. The first-order chi connectivity index (χ1) is 9.85. The fourth-order valence-electron chi connectivity index (χ4n) is 3.53. The Morgan fingerprint density at radius 3 is 2.67 bits per heavy atom. The summed E-state index contributed by atoms with van der Waals surface area (Å²) in [6.07, 6.45) is 7.29. The molecule has 122 valence electrons. The molecule has 0 bridgehead atoms. The third-order valence-electron chi connectivity index (χ3n) is 4.58. The van der Waals surface area contributed by atoms with Crippen molar-refractivity contribution in [2.75, 3.05) is 13.1 Å². The predicted octanol–water partition coefficient (Wildman–Crippen LogP) is 3.55. The maximum atomic E-state index is 12.3. The molecule has 2 aliphatic rings. The van der Waals surface area contributed by atoms with E-state index in [-0.39, 0.29) is 6.09 Å². The van der Waals surface area contributed by atoms with E-state index in [9.17, 15) is 4.79 Å². The number of nitrogens with zero attached hydrogens (tertiary/aromatic N) is 1. The second-order valence-corrected chi connectivity index (χ2v) is 7.85. The van der Waals surface area contributed by atoms with Gasteiger partial charge in [-0.3, -0.25) is 0 Å². The molecule has 0 aromatic heterocycles. The molecule has 3 unspecified atom stereocenters. The van der Waals surface area contributed by atoms with Gasteiger partial charge in [-0.1, -0.05) is 19.8 Å². The molecule has 1 aliphatic heterocycles. The zero-order chi connectivity index (χ0) is 15.5. The summed E-state index contributed by atoms with van der Waals surface area (Å²) in [6, 6.07) is 0.937. The molecule has 2 fully saturated rings. The average molecular weight is 296 g/mol. The van der Waals surface area contributed by atoms with Gasteiger partial charge in [0.1, 0.15) is 5.60 Å². The van der Waals surface area contributed by atoms with Crippen LogP contribution in [0.3, 0.4) is 0 Å². The molecule has 1 aliphatic carbocycles. The number of carbonyl (C=O) groups is 1. The number of amides is 1. The lowest BCUT2D eigenvalue weighted by molar-refractivity contribution is 0.0223. The van der Waals surface area contributed by atoms with Crippen molar-refractivity contribution in [3.05, 3.63) is 0 Å². The second-order valence-electron chi connectivity index (χ2n) is 7.85. The highest BCUT2D eigenvalue weighted by Gasteiger charge is 2.32. The molecule has 1 amide bonds. The van der Waals surface area contributed by atoms with Gasteiger partial charge in [0.15, 0.2) is 0 Å². The summed E-state index contributed by atoms with van der Waals surface area (Å²) in [7, 11) is 0. The van der Waals surface area contributed by atoms with E-state index in [1.54, 1.807) is 0 Å². The van der Waals surface area contributed by atoms with Crippen LogP contribution < -0.4 is 5.32 Å². The number of ether oxygens (including phenoxy) is 1. The molecule has 0 radical (unpaired) electrons. The predicted molar refractivity (Wildman–Crippen MR) is 85.4 cm³/mol. The van der Waals surface area contributed by atoms with Crippen molar-refractivity contribution in [1.29, 1.82) is 0 Å². The summed E-state index contributed by atoms with van der Waals surface area (Å²) in [5, 5.41) is 3.69. The van der Waals surface area contributed by atoms with Crippen molar-refractivity contribution >= 4 is 6.09 Å². The van der Waals surface area contributed by atoms with Crippen molar-refractivity contribution in [2.24, 2.45) is 5.92 Å². The van der Waals surface area contributed by atoms with Crippen molar-refractivity contribution in [3.8, 4) is 0 Å². The molecular formula is C17H32N2O2. The SMILES string of the molecule is CC1CCCC(NCC2CCCN2C(=O)OC(C)(C)C)C1. The lowest BCUT2D eigenvalue weighted by Gasteiger charge is -2.32. The largest absolute Gasteiger partial charge is 0.444 e. The van der Waals surface area contributed by atoms with Crippen LogP contribution >= 0.6 is 0 Å². The summed E-state index contributed by atoms with van der Waals surface area (Å²) in [6.45, 7) is 9.88. The monoisotopic (exact) mass is 296 g/mol. The van der Waals surface area contributed by atoms with Gasteiger partial charge in [-0.05, 0) is 52.4 Å². The Balaban J connectivity index is 1.80. The summed E-state index contributed by atoms with van der Waals surface area (Å²) in [5.74, 6) is 0.835. The molecule has 1 saturated heterocycles. The van der Waals surface area contributed by atoms with Crippen LogP contribution in [-0.2, 0) is 4.74 Å². The molecule has 1 N–H and O–H groups in total. The first-order valence-electron chi connectivity index (χ1n) is 8.58. The Hall–Kier alpha value is -0.770. The zero-order valence-corrected chi connectivity index (χ0v) is 14.2. The van der Waals surface area contributed by atoms with Gasteiger partial charge in [-0.15, -0.1) is 0 Å². The molecular weight excluding hydrogens is 264 g/mol. The highest BCUT2D eigenvalue weighted by atomic mass is 16.6. The molecule has 0 aromatic carbocycles. The normalized spacial score (nSPS) is 30.5. The van der Waals surface area contributed by atoms with Gasteiger partial charge in [0.25, 0.3) is 0 Å². The Bertz CT molecular complexity index is 351. The van der Waals surface area contributed by atoms with Crippen molar-refractivity contribution in [2.45, 2.75) is 83.9 Å². The van der Waals surface area contributed by atoms with Gasteiger partial charge in [0.2, 0.25) is 0 Å². The average Bonchev–Trinajstić information content (AvgIpc) is 2.83. The van der Waals surface area contributed by atoms with Gasteiger partial charge in [0.05, 0.1) is 0 Å². The summed E-state index contributed by atoms with van der Waals surface area (Å²) in [4.78, 5) is 14.2. The lowest BCUT2D eigenvalue weighted by Crippen LogP contribution is -2.46. The highest BCUT2D eigenvalue weighted by molar-refractivity contribution is 5.69. The van der Waals surface area contributed by atoms with Crippen molar-refractivity contribution in [1.82, 2.24) is 10.2 Å². The Labute approximate surface area is 129 Å². The zero-order valence-electron chi connectivity index (χ0n) is 14.2. The fraction of sp³-hybridized carbons (Fsp3) is 0.941. The van der Waals surface area contributed by atoms with E-state index >= 15 is 0 Å². The van der Waals surface area contributed by atoms with Gasteiger partial charge in [-0.2, -0.15) is 0 Å². The summed E-state index contributed by atoms with van der Waals surface area (Å²) >= 11 is 0. The number of hydrogen-bond donors (Lipinski definition) is 1. The fourth-order valence-corrected chi connectivity index (χ4v) is 3.53. The number of likely N-dealkylation sites (tertiary alicyclic amines) is 1. The van der Waals surface area contributed by atoms with Crippen LogP contribution in [0, 0.1) is 5.92 Å². The number of carbonyl (C=O) groups excluding carboxylic acids is 1. The first-order valence-corrected chi connectivity index (χ1v) is 8.58. The van der Waals surface area contributed by atoms with E-state index in [2.05, 4.69) is 12.2 Å². The van der Waals surface area contributed by atoms with Gasteiger partial charge in [-0.25, -0.2) is 4.79 Å². The first kappa shape index (κ1) is 16.6. The minimum absolute atomic E-state index is 0.149. The maximum absolute atomic E-state index is 12.3. The van der Waals surface area contributed by atoms with Crippen LogP contribution in [0.25, 0.3) is 0 Å². The molecule has 0 aromatic rings. The van der Waals surface area contributed by atoms with Crippen LogP contribution in [0.5, 0.6) is 0 Å². The highest BCUT2D eigenvalue weighted by Crippen LogP contribution is 2.25. The Kier molecular flexibility index (Phi) is 5.53. The Morgan fingerprint density at radius 1 is 1.24 bits per heavy atom. The van der Waals surface area contributed by atoms with E-state index < -0.39 is 5.60 Å². The minimum Gasteiger partial charge on any atom is -0.444 e.